The van der Waals surface area contributed by atoms with E-state index in [2.05, 4.69) is 22.0 Å². The van der Waals surface area contributed by atoms with E-state index in [-0.39, 0.29) is 0 Å². The number of hydrogen-bond acceptors (Lipinski definition) is 3. The summed E-state index contributed by atoms with van der Waals surface area (Å²) >= 11 is 3.43. The zero-order valence-electron chi connectivity index (χ0n) is 10.4. The van der Waals surface area contributed by atoms with Crippen LogP contribution in [0.2, 0.25) is 0 Å². The predicted octanol–water partition coefficient (Wildman–Crippen LogP) is 3.91. The molecule has 96 valence electrons. The molecule has 2 aromatic carbocycles. The van der Waals surface area contributed by atoms with Crippen molar-refractivity contribution in [3.05, 3.63) is 58.1 Å². The normalized spacial score (nSPS) is 9.74. The van der Waals surface area contributed by atoms with Crippen molar-refractivity contribution in [2.24, 2.45) is 0 Å². The fourth-order valence-electron chi connectivity index (χ4n) is 1.62. The van der Waals surface area contributed by atoms with Gasteiger partial charge in [-0.05, 0) is 51.8 Å². The lowest BCUT2D eigenvalue weighted by Gasteiger charge is -2.09. The van der Waals surface area contributed by atoms with Crippen LogP contribution in [0.25, 0.3) is 0 Å². The zero-order valence-corrected chi connectivity index (χ0v) is 12.0. The fourth-order valence-corrected chi connectivity index (χ4v) is 2.09. The minimum atomic E-state index is 0.417. The van der Waals surface area contributed by atoms with Crippen LogP contribution in [0.15, 0.2) is 46.9 Å². The molecule has 0 aliphatic heterocycles. The Bertz CT molecular complexity index is 620. The van der Waals surface area contributed by atoms with Crippen molar-refractivity contribution in [3.8, 4) is 17.6 Å². The first-order valence-corrected chi connectivity index (χ1v) is 6.47. The summed E-state index contributed by atoms with van der Waals surface area (Å²) in [5.74, 6) is 1.51. The largest absolute Gasteiger partial charge is 0.497 e. The standard InChI is InChI=1S/C15H12BrNO2/c1-18-13-5-6-15(14(16)8-13)19-10-12-4-2-3-11(7-12)9-17/h2-8H,10H2,1H3. The molecule has 0 N–H and O–H groups in total. The third kappa shape index (κ3) is 3.49. The molecule has 4 heteroatoms. The van der Waals surface area contributed by atoms with Crippen molar-refractivity contribution < 1.29 is 9.47 Å². The summed E-state index contributed by atoms with van der Waals surface area (Å²) in [5.41, 5.74) is 1.59. The predicted molar refractivity (Wildman–Crippen MR) is 76.2 cm³/mol. The molecular formula is C15H12BrNO2. The van der Waals surface area contributed by atoms with E-state index in [4.69, 9.17) is 14.7 Å². The molecule has 0 saturated carbocycles. The second kappa shape index (κ2) is 6.26. The molecule has 3 nitrogen and oxygen atoms in total. The first-order chi connectivity index (χ1) is 9.22. The topological polar surface area (TPSA) is 42.2 Å². The van der Waals surface area contributed by atoms with E-state index >= 15 is 0 Å². The summed E-state index contributed by atoms with van der Waals surface area (Å²) in [4.78, 5) is 0. The Morgan fingerprint density at radius 3 is 2.74 bits per heavy atom. The molecule has 2 aromatic rings. The number of halogens is 1. The Hall–Kier alpha value is -1.99. The van der Waals surface area contributed by atoms with Crippen LogP contribution in [-0.4, -0.2) is 7.11 Å². The number of hydrogen-bond donors (Lipinski definition) is 0. The van der Waals surface area contributed by atoms with E-state index in [1.807, 2.05) is 36.4 Å². The second-order valence-corrected chi connectivity index (χ2v) is 4.75. The molecule has 0 amide bonds. The van der Waals surface area contributed by atoms with Gasteiger partial charge in [0.25, 0.3) is 0 Å². The minimum Gasteiger partial charge on any atom is -0.497 e. The van der Waals surface area contributed by atoms with Crippen LogP contribution in [0.3, 0.4) is 0 Å². The van der Waals surface area contributed by atoms with Crippen LogP contribution in [0.4, 0.5) is 0 Å². The van der Waals surface area contributed by atoms with Gasteiger partial charge in [0.15, 0.2) is 0 Å². The van der Waals surface area contributed by atoms with Gasteiger partial charge in [0.05, 0.1) is 23.2 Å². The molecular weight excluding hydrogens is 306 g/mol. The van der Waals surface area contributed by atoms with Gasteiger partial charge in [-0.3, -0.25) is 0 Å². The Morgan fingerprint density at radius 2 is 2.05 bits per heavy atom. The van der Waals surface area contributed by atoms with Crippen LogP contribution >= 0.6 is 15.9 Å². The number of benzene rings is 2. The molecule has 0 bridgehead atoms. The Labute approximate surface area is 120 Å². The molecule has 0 saturated heterocycles. The number of nitriles is 1. The van der Waals surface area contributed by atoms with Crippen molar-refractivity contribution in [2.45, 2.75) is 6.61 Å². The minimum absolute atomic E-state index is 0.417. The SMILES string of the molecule is COc1ccc(OCc2cccc(C#N)c2)c(Br)c1. The highest BCUT2D eigenvalue weighted by Crippen LogP contribution is 2.29. The fraction of sp³-hybridized carbons (Fsp3) is 0.133. The Balaban J connectivity index is 2.08. The third-order valence-electron chi connectivity index (χ3n) is 2.59. The van der Waals surface area contributed by atoms with Crippen molar-refractivity contribution in [1.82, 2.24) is 0 Å². The summed E-state index contributed by atoms with van der Waals surface area (Å²) in [5, 5.41) is 8.84. The maximum absolute atomic E-state index is 8.84. The summed E-state index contributed by atoms with van der Waals surface area (Å²) in [6, 6.07) is 15.0. The van der Waals surface area contributed by atoms with Gasteiger partial charge in [-0.1, -0.05) is 12.1 Å². The molecule has 0 aliphatic carbocycles. The molecule has 0 spiro atoms. The number of rotatable bonds is 4. The summed E-state index contributed by atoms with van der Waals surface area (Å²) in [6.45, 7) is 0.417. The molecule has 2 rings (SSSR count). The monoisotopic (exact) mass is 317 g/mol. The van der Waals surface area contributed by atoms with E-state index < -0.39 is 0 Å². The van der Waals surface area contributed by atoms with Crippen LogP contribution in [0.5, 0.6) is 11.5 Å². The van der Waals surface area contributed by atoms with Crippen LogP contribution in [0, 0.1) is 11.3 Å². The molecule has 0 unspecified atom stereocenters. The molecule has 0 aromatic heterocycles. The highest BCUT2D eigenvalue weighted by atomic mass is 79.9. The highest BCUT2D eigenvalue weighted by molar-refractivity contribution is 9.10. The molecule has 0 aliphatic rings. The molecule has 0 radical (unpaired) electrons. The molecule has 0 atom stereocenters. The number of methoxy groups -OCH3 is 1. The Kier molecular flexibility index (Phi) is 4.43. The second-order valence-electron chi connectivity index (χ2n) is 3.90. The van der Waals surface area contributed by atoms with E-state index in [1.165, 1.54) is 0 Å². The van der Waals surface area contributed by atoms with Gasteiger partial charge in [-0.15, -0.1) is 0 Å². The van der Waals surface area contributed by atoms with E-state index in [0.717, 1.165) is 21.5 Å². The van der Waals surface area contributed by atoms with Crippen molar-refractivity contribution in [2.75, 3.05) is 7.11 Å². The van der Waals surface area contributed by atoms with Crippen molar-refractivity contribution in [3.63, 3.8) is 0 Å². The van der Waals surface area contributed by atoms with E-state index in [0.29, 0.717) is 12.2 Å². The van der Waals surface area contributed by atoms with Gasteiger partial charge in [-0.2, -0.15) is 5.26 Å². The smallest absolute Gasteiger partial charge is 0.134 e. The maximum Gasteiger partial charge on any atom is 0.134 e. The summed E-state index contributed by atoms with van der Waals surface area (Å²) in [7, 11) is 1.62. The van der Waals surface area contributed by atoms with Crippen LogP contribution < -0.4 is 9.47 Å². The molecule has 0 fully saturated rings. The lowest BCUT2D eigenvalue weighted by atomic mass is 10.1. The van der Waals surface area contributed by atoms with E-state index in [1.54, 1.807) is 13.2 Å². The van der Waals surface area contributed by atoms with Crippen LogP contribution in [-0.2, 0) is 6.61 Å². The average molecular weight is 318 g/mol. The van der Waals surface area contributed by atoms with Crippen LogP contribution in [0.1, 0.15) is 11.1 Å². The van der Waals surface area contributed by atoms with Crippen molar-refractivity contribution in [1.29, 1.82) is 5.26 Å². The Morgan fingerprint density at radius 1 is 1.21 bits per heavy atom. The first kappa shape index (κ1) is 13.4. The number of ether oxygens (including phenoxy) is 2. The first-order valence-electron chi connectivity index (χ1n) is 5.68. The lowest BCUT2D eigenvalue weighted by Crippen LogP contribution is -1.96. The van der Waals surface area contributed by atoms with Gasteiger partial charge >= 0.3 is 0 Å². The van der Waals surface area contributed by atoms with Gasteiger partial charge in [-0.25, -0.2) is 0 Å². The number of nitrogens with zero attached hydrogens (tertiary/aromatic N) is 1. The van der Waals surface area contributed by atoms with Gasteiger partial charge in [0, 0.05) is 0 Å². The summed E-state index contributed by atoms with van der Waals surface area (Å²) < 4.78 is 11.7. The quantitative estimate of drug-likeness (QED) is 0.858. The zero-order chi connectivity index (χ0) is 13.7. The van der Waals surface area contributed by atoms with Crippen molar-refractivity contribution >= 4 is 15.9 Å². The highest BCUT2D eigenvalue weighted by Gasteiger charge is 2.04. The summed E-state index contributed by atoms with van der Waals surface area (Å²) in [6.07, 6.45) is 0. The molecule has 0 heterocycles. The lowest BCUT2D eigenvalue weighted by molar-refractivity contribution is 0.303. The van der Waals surface area contributed by atoms with E-state index in [9.17, 15) is 0 Å². The maximum atomic E-state index is 8.84. The van der Waals surface area contributed by atoms with Gasteiger partial charge in [0.2, 0.25) is 0 Å². The third-order valence-corrected chi connectivity index (χ3v) is 3.21. The molecule has 19 heavy (non-hydrogen) atoms. The average Bonchev–Trinajstić information content (AvgIpc) is 2.46. The van der Waals surface area contributed by atoms with Gasteiger partial charge < -0.3 is 9.47 Å². The van der Waals surface area contributed by atoms with Gasteiger partial charge in [0.1, 0.15) is 18.1 Å².